The summed E-state index contributed by atoms with van der Waals surface area (Å²) in [6, 6.07) is 6.73. The molecule has 1 spiro atoms. The smallest absolute Gasteiger partial charge is 0.327 e. The van der Waals surface area contributed by atoms with Crippen molar-refractivity contribution in [2.75, 3.05) is 13.6 Å². The molecule has 3 rings (SSSR count). The molecule has 1 aromatic carbocycles. The molecule has 2 fully saturated rings. The van der Waals surface area contributed by atoms with Crippen LogP contribution in [0, 0.1) is 5.92 Å². The molecule has 10 heteroatoms. The Morgan fingerprint density at radius 3 is 2.58 bits per heavy atom. The third kappa shape index (κ3) is 4.52. The number of urea groups is 2. The Bertz CT molecular complexity index is 889. The Labute approximate surface area is 179 Å². The van der Waals surface area contributed by atoms with Gasteiger partial charge in [0.15, 0.2) is 0 Å². The molecule has 0 radical (unpaired) electrons. The summed E-state index contributed by atoms with van der Waals surface area (Å²) < 4.78 is 5.30. The minimum atomic E-state index is -1.42. The maximum Gasteiger partial charge on any atom is 0.327 e. The zero-order valence-electron chi connectivity index (χ0n) is 17.5. The van der Waals surface area contributed by atoms with Crippen molar-refractivity contribution in [3.8, 4) is 0 Å². The lowest BCUT2D eigenvalue weighted by atomic mass is 9.73. The number of benzene rings is 1. The van der Waals surface area contributed by atoms with Crippen molar-refractivity contribution in [3.63, 3.8) is 0 Å². The summed E-state index contributed by atoms with van der Waals surface area (Å²) in [5.74, 6) is -2.29. The fraction of sp³-hybridized carbons (Fsp3) is 0.476. The predicted molar refractivity (Wildman–Crippen MR) is 108 cm³/mol. The van der Waals surface area contributed by atoms with Gasteiger partial charge in [0, 0.05) is 12.6 Å². The Balaban J connectivity index is 1.73. The van der Waals surface area contributed by atoms with Gasteiger partial charge in [0.1, 0.15) is 12.1 Å². The monoisotopic (exact) mass is 430 g/mol. The van der Waals surface area contributed by atoms with Gasteiger partial charge in [0.25, 0.3) is 11.8 Å². The molecule has 1 aromatic rings. The van der Waals surface area contributed by atoms with E-state index >= 15 is 0 Å². The van der Waals surface area contributed by atoms with E-state index in [2.05, 4.69) is 16.0 Å². The number of nitrogens with zero attached hydrogens (tertiary/aromatic N) is 1. The number of nitrogens with one attached hydrogen (secondary N) is 3. The number of carbonyl (C=O) groups is 5. The van der Waals surface area contributed by atoms with Crippen LogP contribution < -0.4 is 16.0 Å². The van der Waals surface area contributed by atoms with Gasteiger partial charge in [0.2, 0.25) is 6.10 Å². The number of rotatable bonds is 5. The summed E-state index contributed by atoms with van der Waals surface area (Å²) in [4.78, 5) is 62.9. The van der Waals surface area contributed by atoms with Gasteiger partial charge < -0.3 is 15.4 Å². The molecule has 3 atom stereocenters. The molecular formula is C21H26N4O6. The minimum Gasteiger partial charge on any atom is -0.446 e. The summed E-state index contributed by atoms with van der Waals surface area (Å²) in [6.45, 7) is 1.28. The van der Waals surface area contributed by atoms with E-state index in [4.69, 9.17) is 4.74 Å². The van der Waals surface area contributed by atoms with Gasteiger partial charge in [-0.15, -0.1) is 0 Å². The van der Waals surface area contributed by atoms with E-state index in [1.807, 2.05) is 6.92 Å². The summed E-state index contributed by atoms with van der Waals surface area (Å²) in [5, 5.41) is 7.08. The van der Waals surface area contributed by atoms with Crippen LogP contribution >= 0.6 is 0 Å². The van der Waals surface area contributed by atoms with Gasteiger partial charge in [-0.1, -0.05) is 50.1 Å². The van der Waals surface area contributed by atoms with Crippen molar-refractivity contribution in [2.24, 2.45) is 5.92 Å². The number of hydrogen-bond donors (Lipinski definition) is 3. The second kappa shape index (κ2) is 9.15. The first-order chi connectivity index (χ1) is 14.8. The maximum absolute atomic E-state index is 13.0. The van der Waals surface area contributed by atoms with Crippen molar-refractivity contribution in [3.05, 3.63) is 35.9 Å². The lowest BCUT2D eigenvalue weighted by molar-refractivity contribution is -0.158. The topological polar surface area (TPSA) is 134 Å². The van der Waals surface area contributed by atoms with Crippen LogP contribution in [0.25, 0.3) is 0 Å². The Kier molecular flexibility index (Phi) is 6.57. The maximum atomic E-state index is 13.0. The highest BCUT2D eigenvalue weighted by atomic mass is 16.5. The highest BCUT2D eigenvalue weighted by Gasteiger charge is 2.55. The van der Waals surface area contributed by atoms with Crippen LogP contribution in [0.5, 0.6) is 0 Å². The van der Waals surface area contributed by atoms with E-state index < -0.39 is 48.0 Å². The third-order valence-corrected chi connectivity index (χ3v) is 5.84. The van der Waals surface area contributed by atoms with E-state index in [0.29, 0.717) is 12.0 Å². The zero-order valence-corrected chi connectivity index (χ0v) is 17.5. The fourth-order valence-corrected chi connectivity index (χ4v) is 4.08. The molecule has 1 aliphatic heterocycles. The van der Waals surface area contributed by atoms with Crippen molar-refractivity contribution in [1.82, 2.24) is 20.9 Å². The molecule has 1 aliphatic carbocycles. The van der Waals surface area contributed by atoms with Crippen molar-refractivity contribution in [1.29, 1.82) is 0 Å². The van der Waals surface area contributed by atoms with E-state index in [0.717, 1.165) is 24.2 Å². The van der Waals surface area contributed by atoms with Gasteiger partial charge >= 0.3 is 18.0 Å². The molecule has 3 unspecified atom stereocenters. The number of imide groups is 2. The second-order valence-electron chi connectivity index (χ2n) is 7.79. The first kappa shape index (κ1) is 22.3. The molecule has 0 bridgehead atoms. The van der Waals surface area contributed by atoms with E-state index in [-0.39, 0.29) is 5.92 Å². The van der Waals surface area contributed by atoms with Gasteiger partial charge in [-0.25, -0.2) is 9.59 Å². The zero-order chi connectivity index (χ0) is 22.6. The number of ether oxygens (including phenoxy) is 1. The predicted octanol–water partition coefficient (Wildman–Crippen LogP) is 1.23. The molecule has 6 amide bonds. The first-order valence-electron chi connectivity index (χ1n) is 10.2. The molecule has 3 N–H and O–H groups in total. The normalized spacial score (nSPS) is 23.8. The standard InChI is InChI=1S/C21H26N4O6/c1-13-8-6-7-11-21(13)18(28)25(20(30)24-21)12-15(26)31-16(14-9-4-3-5-10-14)17(27)23-19(29)22-2/h3-5,9-10,13,16H,6-8,11-12H2,1-2H3,(H,24,30)(H2,22,23,27,29). The highest BCUT2D eigenvalue weighted by Crippen LogP contribution is 2.38. The first-order valence-corrected chi connectivity index (χ1v) is 10.2. The highest BCUT2D eigenvalue weighted by molar-refractivity contribution is 6.09. The third-order valence-electron chi connectivity index (χ3n) is 5.84. The second-order valence-corrected chi connectivity index (χ2v) is 7.79. The molecule has 31 heavy (non-hydrogen) atoms. The van der Waals surface area contributed by atoms with Crippen LogP contribution in [0.4, 0.5) is 9.59 Å². The van der Waals surface area contributed by atoms with E-state index in [9.17, 15) is 24.0 Å². The van der Waals surface area contributed by atoms with Gasteiger partial charge in [-0.3, -0.25) is 24.6 Å². The summed E-state index contributed by atoms with van der Waals surface area (Å²) >= 11 is 0. The van der Waals surface area contributed by atoms with Crippen LogP contribution in [0.2, 0.25) is 0 Å². The quantitative estimate of drug-likeness (QED) is 0.475. The molecule has 166 valence electrons. The lowest BCUT2D eigenvalue weighted by Gasteiger charge is -2.36. The summed E-state index contributed by atoms with van der Waals surface area (Å²) in [7, 11) is 1.34. The Hall–Kier alpha value is -3.43. The van der Waals surface area contributed by atoms with Gasteiger partial charge in [-0.2, -0.15) is 0 Å². The number of esters is 1. The van der Waals surface area contributed by atoms with Crippen molar-refractivity contribution < 1.29 is 28.7 Å². The average molecular weight is 430 g/mol. The van der Waals surface area contributed by atoms with Crippen molar-refractivity contribution >= 4 is 29.8 Å². The number of amides is 6. The fourth-order valence-electron chi connectivity index (χ4n) is 4.08. The number of carbonyl (C=O) groups excluding carboxylic acids is 5. The lowest BCUT2D eigenvalue weighted by Crippen LogP contribution is -2.54. The molecule has 1 saturated carbocycles. The Morgan fingerprint density at radius 1 is 1.23 bits per heavy atom. The average Bonchev–Trinajstić information content (AvgIpc) is 2.99. The minimum absolute atomic E-state index is 0.0471. The van der Waals surface area contributed by atoms with Crippen LogP contribution in [0.1, 0.15) is 44.3 Å². The molecule has 1 heterocycles. The molecule has 1 saturated heterocycles. The number of hydrogen-bond acceptors (Lipinski definition) is 6. The van der Waals surface area contributed by atoms with Gasteiger partial charge in [0.05, 0.1) is 0 Å². The molecule has 0 aromatic heterocycles. The van der Waals surface area contributed by atoms with Crippen LogP contribution in [-0.4, -0.2) is 53.9 Å². The van der Waals surface area contributed by atoms with E-state index in [1.54, 1.807) is 30.3 Å². The summed E-state index contributed by atoms with van der Waals surface area (Å²) in [5.41, 5.74) is -0.655. The van der Waals surface area contributed by atoms with E-state index in [1.165, 1.54) is 7.05 Å². The molecule has 2 aliphatic rings. The van der Waals surface area contributed by atoms with Crippen LogP contribution in [0.15, 0.2) is 30.3 Å². The van der Waals surface area contributed by atoms with Gasteiger partial charge in [-0.05, 0) is 18.8 Å². The molecule has 10 nitrogen and oxygen atoms in total. The molecular weight excluding hydrogens is 404 g/mol. The van der Waals surface area contributed by atoms with Crippen LogP contribution in [-0.2, 0) is 19.1 Å². The largest absolute Gasteiger partial charge is 0.446 e. The van der Waals surface area contributed by atoms with Crippen LogP contribution in [0.3, 0.4) is 0 Å². The van der Waals surface area contributed by atoms with Crippen molar-refractivity contribution in [2.45, 2.75) is 44.2 Å². The SMILES string of the molecule is CNC(=O)NC(=O)C(OC(=O)CN1C(=O)NC2(CCCCC2C)C1=O)c1ccccc1. The Morgan fingerprint density at radius 2 is 1.94 bits per heavy atom. The summed E-state index contributed by atoms with van der Waals surface area (Å²) in [6.07, 6.45) is 1.69.